The van der Waals surface area contributed by atoms with Gasteiger partial charge in [-0.1, -0.05) is 19.1 Å². The molecule has 6 nitrogen and oxygen atoms in total. The van der Waals surface area contributed by atoms with Crippen molar-refractivity contribution in [1.82, 2.24) is 25.2 Å². The summed E-state index contributed by atoms with van der Waals surface area (Å²) in [5.74, 6) is 0.366. The molecule has 3 aromatic rings. The van der Waals surface area contributed by atoms with Crippen LogP contribution in [-0.2, 0) is 13.0 Å². The topological polar surface area (TPSA) is 71.0 Å². The highest BCUT2D eigenvalue weighted by molar-refractivity contribution is 7.09. The zero-order chi connectivity index (χ0) is 19.3. The molecular formula is C21H25N5OS. The molecule has 2 aromatic heterocycles. The number of aryl methyl sites for hydroxylation is 1. The van der Waals surface area contributed by atoms with Gasteiger partial charge in [-0.2, -0.15) is 0 Å². The van der Waals surface area contributed by atoms with Crippen LogP contribution in [0.1, 0.15) is 41.0 Å². The number of hydrogen-bond donors (Lipinski definition) is 1. The molecule has 1 aromatic carbocycles. The molecule has 28 heavy (non-hydrogen) atoms. The number of amides is 1. The van der Waals surface area contributed by atoms with Crippen LogP contribution in [0.5, 0.6) is 0 Å². The average Bonchev–Trinajstić information content (AvgIpc) is 3.20. The van der Waals surface area contributed by atoms with Gasteiger partial charge in [0.25, 0.3) is 5.91 Å². The molecule has 1 N–H and O–H groups in total. The summed E-state index contributed by atoms with van der Waals surface area (Å²) in [5.41, 5.74) is 3.11. The molecule has 7 heteroatoms. The Morgan fingerprint density at radius 2 is 2.00 bits per heavy atom. The first-order valence-corrected chi connectivity index (χ1v) is 10.7. The highest BCUT2D eigenvalue weighted by Crippen LogP contribution is 2.20. The van der Waals surface area contributed by atoms with Crippen LogP contribution < -0.4 is 5.32 Å². The Bertz CT molecular complexity index is 949. The van der Waals surface area contributed by atoms with Gasteiger partial charge < -0.3 is 5.32 Å². The zero-order valence-electron chi connectivity index (χ0n) is 16.1. The first kappa shape index (κ1) is 19.0. The quantitative estimate of drug-likeness (QED) is 0.693. The maximum atomic E-state index is 12.4. The van der Waals surface area contributed by atoms with Gasteiger partial charge in [-0.3, -0.25) is 14.7 Å². The molecule has 0 radical (unpaired) electrons. The van der Waals surface area contributed by atoms with Crippen LogP contribution in [0.15, 0.2) is 35.8 Å². The van der Waals surface area contributed by atoms with Gasteiger partial charge in [0.1, 0.15) is 5.69 Å². The van der Waals surface area contributed by atoms with Crippen molar-refractivity contribution < 1.29 is 4.79 Å². The first-order chi connectivity index (χ1) is 13.7. The molecule has 0 aliphatic carbocycles. The average molecular weight is 396 g/mol. The molecule has 1 fully saturated rings. The Morgan fingerprint density at radius 3 is 2.75 bits per heavy atom. The number of benzene rings is 1. The third-order valence-corrected chi connectivity index (χ3v) is 6.27. The molecule has 146 valence electrons. The molecule has 1 aliphatic heterocycles. The molecule has 1 aliphatic rings. The van der Waals surface area contributed by atoms with E-state index >= 15 is 0 Å². The van der Waals surface area contributed by atoms with E-state index < -0.39 is 0 Å². The van der Waals surface area contributed by atoms with Gasteiger partial charge in [-0.05, 0) is 50.4 Å². The predicted octanol–water partition coefficient (Wildman–Crippen LogP) is 3.29. The lowest BCUT2D eigenvalue weighted by Crippen LogP contribution is -2.38. The number of fused-ring (bicyclic) bond motifs is 1. The second-order valence-electron chi connectivity index (χ2n) is 7.26. The highest BCUT2D eigenvalue weighted by Gasteiger charge is 2.21. The van der Waals surface area contributed by atoms with Gasteiger partial charge in [-0.25, -0.2) is 9.97 Å². The van der Waals surface area contributed by atoms with Crippen LogP contribution in [0.4, 0.5) is 0 Å². The minimum atomic E-state index is -0.143. The van der Waals surface area contributed by atoms with Crippen molar-refractivity contribution in [2.45, 2.75) is 32.7 Å². The van der Waals surface area contributed by atoms with Gasteiger partial charge in [-0.15, -0.1) is 11.3 Å². The van der Waals surface area contributed by atoms with Crippen molar-refractivity contribution >= 4 is 28.3 Å². The van der Waals surface area contributed by atoms with E-state index in [2.05, 4.69) is 37.5 Å². The van der Waals surface area contributed by atoms with Crippen LogP contribution in [0.3, 0.4) is 0 Å². The summed E-state index contributed by atoms with van der Waals surface area (Å²) in [6, 6.07) is 7.59. The fourth-order valence-corrected chi connectivity index (χ4v) is 4.29. The maximum Gasteiger partial charge on any atom is 0.271 e. The number of aromatic nitrogens is 3. The molecule has 0 bridgehead atoms. The molecule has 0 spiro atoms. The molecule has 3 heterocycles. The Hall–Kier alpha value is -2.38. The Kier molecular flexibility index (Phi) is 5.92. The van der Waals surface area contributed by atoms with Gasteiger partial charge in [0.15, 0.2) is 0 Å². The Balaban J connectivity index is 1.24. The summed E-state index contributed by atoms with van der Waals surface area (Å²) in [6.07, 6.45) is 4.75. The van der Waals surface area contributed by atoms with Gasteiger partial charge >= 0.3 is 0 Å². The van der Waals surface area contributed by atoms with Gasteiger partial charge in [0.2, 0.25) is 0 Å². The van der Waals surface area contributed by atoms with Crippen molar-refractivity contribution in [2.24, 2.45) is 5.92 Å². The van der Waals surface area contributed by atoms with Crippen molar-refractivity contribution in [3.63, 3.8) is 0 Å². The second-order valence-corrected chi connectivity index (χ2v) is 8.20. The number of carbonyl (C=O) groups is 1. The Morgan fingerprint density at radius 1 is 1.21 bits per heavy atom. The molecule has 1 saturated heterocycles. The zero-order valence-corrected chi connectivity index (χ0v) is 16.9. The largest absolute Gasteiger partial charge is 0.350 e. The minimum absolute atomic E-state index is 0.143. The van der Waals surface area contributed by atoms with Crippen LogP contribution >= 0.6 is 11.3 Å². The third kappa shape index (κ3) is 4.54. The number of carbonyl (C=O) groups excluding carboxylic acids is 1. The summed E-state index contributed by atoms with van der Waals surface area (Å²) < 4.78 is 0. The van der Waals surface area contributed by atoms with Crippen LogP contribution in [0, 0.1) is 5.92 Å². The number of rotatable bonds is 6. The monoisotopic (exact) mass is 395 g/mol. The lowest BCUT2D eigenvalue weighted by molar-refractivity contribution is 0.0930. The molecule has 0 saturated carbocycles. The van der Waals surface area contributed by atoms with Gasteiger partial charge in [0.05, 0.1) is 27.9 Å². The number of nitrogens with zero attached hydrogens (tertiary/aromatic N) is 4. The van der Waals surface area contributed by atoms with Gasteiger partial charge in [0, 0.05) is 18.5 Å². The van der Waals surface area contributed by atoms with Crippen LogP contribution in [-0.4, -0.2) is 45.4 Å². The molecular weight excluding hydrogens is 370 g/mol. The lowest BCUT2D eigenvalue weighted by atomic mass is 9.96. The SMILES string of the molecule is CCc1nc(CN2CCC(CNC(=O)c3cnc4ccccc4n3)CC2)cs1. The molecule has 4 rings (SSSR count). The van der Waals surface area contributed by atoms with Crippen molar-refractivity contribution in [3.8, 4) is 0 Å². The molecule has 1 amide bonds. The predicted molar refractivity (Wildman–Crippen MR) is 111 cm³/mol. The second kappa shape index (κ2) is 8.75. The highest BCUT2D eigenvalue weighted by atomic mass is 32.1. The van der Waals surface area contributed by atoms with E-state index in [1.54, 1.807) is 17.5 Å². The van der Waals surface area contributed by atoms with Crippen molar-refractivity contribution in [2.75, 3.05) is 19.6 Å². The Labute approximate surface area is 169 Å². The van der Waals surface area contributed by atoms with Crippen molar-refractivity contribution in [1.29, 1.82) is 0 Å². The van der Waals surface area contributed by atoms with E-state index in [4.69, 9.17) is 0 Å². The summed E-state index contributed by atoms with van der Waals surface area (Å²) in [6.45, 7) is 5.87. The summed E-state index contributed by atoms with van der Waals surface area (Å²) in [4.78, 5) is 28.3. The van der Waals surface area contributed by atoms with E-state index in [1.165, 1.54) is 10.7 Å². The fourth-order valence-electron chi connectivity index (χ4n) is 3.56. The van der Waals surface area contributed by atoms with E-state index in [1.807, 2.05) is 24.3 Å². The number of hydrogen-bond acceptors (Lipinski definition) is 6. The van der Waals surface area contributed by atoms with E-state index in [0.29, 0.717) is 18.2 Å². The first-order valence-electron chi connectivity index (χ1n) is 9.87. The normalized spacial score (nSPS) is 15.8. The van der Waals surface area contributed by atoms with E-state index in [-0.39, 0.29) is 5.91 Å². The van der Waals surface area contributed by atoms with E-state index in [9.17, 15) is 4.79 Å². The number of piperidine rings is 1. The smallest absolute Gasteiger partial charge is 0.271 e. The lowest BCUT2D eigenvalue weighted by Gasteiger charge is -2.31. The van der Waals surface area contributed by atoms with Crippen molar-refractivity contribution in [3.05, 3.63) is 52.2 Å². The van der Waals surface area contributed by atoms with Crippen LogP contribution in [0.25, 0.3) is 11.0 Å². The summed E-state index contributed by atoms with van der Waals surface area (Å²) in [5, 5.41) is 6.43. The number of para-hydroxylation sites is 2. The molecule has 0 atom stereocenters. The fraction of sp³-hybridized carbons (Fsp3) is 0.429. The third-order valence-electron chi connectivity index (χ3n) is 5.23. The van der Waals surface area contributed by atoms with Crippen LogP contribution in [0.2, 0.25) is 0 Å². The number of nitrogens with one attached hydrogen (secondary N) is 1. The summed E-state index contributed by atoms with van der Waals surface area (Å²) in [7, 11) is 0. The standard InChI is InChI=1S/C21H25N5OS/c1-2-20-24-16(14-28-20)13-26-9-7-15(8-10-26)11-23-21(27)19-12-22-17-5-3-4-6-18(17)25-19/h3-6,12,14-15H,2,7-11,13H2,1H3,(H,23,27). The number of thiazole rings is 1. The minimum Gasteiger partial charge on any atom is -0.350 e. The molecule has 0 unspecified atom stereocenters. The number of likely N-dealkylation sites (tertiary alicyclic amines) is 1. The maximum absolute atomic E-state index is 12.4. The van der Waals surface area contributed by atoms with E-state index in [0.717, 1.165) is 49.9 Å². The summed E-state index contributed by atoms with van der Waals surface area (Å²) >= 11 is 1.75.